The number of hydrogen-bond donors (Lipinski definition) is 0. The number of nitrogens with zero attached hydrogens (tertiary/aromatic N) is 1. The van der Waals surface area contributed by atoms with Crippen LogP contribution in [0.25, 0.3) is 0 Å². The number of hydrogen-bond acceptors (Lipinski definition) is 4. The normalized spacial score (nSPS) is 31.0. The second kappa shape index (κ2) is 4.22. The molecule has 10 heteroatoms. The second-order valence-electron chi connectivity index (χ2n) is 5.68. The maximum absolute atomic E-state index is 14.1. The van der Waals surface area contributed by atoms with Crippen molar-refractivity contribution in [3.8, 4) is 0 Å². The largest absolute Gasteiger partial charge is 0.617 e. The quantitative estimate of drug-likeness (QED) is 0.560. The summed E-state index contributed by atoms with van der Waals surface area (Å²) in [6.07, 6.45) is -4.70. The molecular formula is C12H10BF4NO4. The maximum Gasteiger partial charge on any atom is 0.617 e. The lowest BCUT2D eigenvalue weighted by atomic mass is 9.60. The Morgan fingerprint density at radius 1 is 1.14 bits per heavy atom. The molecule has 0 radical (unpaired) electrons. The molecule has 2 aliphatic rings. The first kappa shape index (κ1) is 14.8. The first-order chi connectivity index (χ1) is 10.1. The topological polar surface area (TPSA) is 52.6 Å². The highest BCUT2D eigenvalue weighted by molar-refractivity contribution is 6.79. The minimum absolute atomic E-state index is 0.276. The van der Waals surface area contributed by atoms with Gasteiger partial charge in [0, 0.05) is 7.05 Å². The maximum atomic E-state index is 14.1. The molecule has 1 aromatic carbocycles. The second-order valence-corrected chi connectivity index (χ2v) is 5.68. The standard InChI is InChI=1S/C12H10BF4NO4/c1-18-5-10(19)21-13(18,22-11(20)6-18)8-4-7(12(15,16)17)2-3-9(8)14/h2-4H,5-6H2,1H3. The Labute approximate surface area is 122 Å². The van der Waals surface area contributed by atoms with Crippen molar-refractivity contribution in [3.05, 3.63) is 29.6 Å². The van der Waals surface area contributed by atoms with E-state index in [9.17, 15) is 27.2 Å². The van der Waals surface area contributed by atoms with Gasteiger partial charge in [0.05, 0.1) is 5.56 Å². The summed E-state index contributed by atoms with van der Waals surface area (Å²) in [6.45, 7) is -3.57. The lowest BCUT2D eigenvalue weighted by Gasteiger charge is -2.40. The SMILES string of the molecule is C[N+]12CC(=O)O[B-]1(c1cc(C(F)(F)F)ccc1F)OC(=O)C2. The zero-order valence-corrected chi connectivity index (χ0v) is 11.3. The summed E-state index contributed by atoms with van der Waals surface area (Å²) >= 11 is 0. The predicted molar refractivity (Wildman–Crippen MR) is 64.9 cm³/mol. The Balaban J connectivity index is 2.21. The third-order valence-corrected chi connectivity index (χ3v) is 4.10. The first-order valence-electron chi connectivity index (χ1n) is 6.37. The fourth-order valence-corrected chi connectivity index (χ4v) is 3.06. The van der Waals surface area contributed by atoms with Gasteiger partial charge in [-0.1, -0.05) is 6.07 Å². The van der Waals surface area contributed by atoms with Crippen molar-refractivity contribution in [2.75, 3.05) is 20.1 Å². The average Bonchev–Trinajstić information content (AvgIpc) is 2.72. The summed E-state index contributed by atoms with van der Waals surface area (Å²) in [5, 5.41) is 0. The molecule has 0 spiro atoms. The third-order valence-electron chi connectivity index (χ3n) is 4.10. The molecule has 0 aromatic heterocycles. The van der Waals surface area contributed by atoms with Crippen molar-refractivity contribution in [2.24, 2.45) is 0 Å². The molecule has 5 nitrogen and oxygen atoms in total. The average molecular weight is 319 g/mol. The van der Waals surface area contributed by atoms with E-state index in [0.29, 0.717) is 18.2 Å². The van der Waals surface area contributed by atoms with E-state index in [0.717, 1.165) is 0 Å². The molecule has 0 amide bonds. The molecule has 0 saturated carbocycles. The number of rotatable bonds is 1. The van der Waals surface area contributed by atoms with E-state index in [2.05, 4.69) is 0 Å². The van der Waals surface area contributed by atoms with Crippen LogP contribution in [0.15, 0.2) is 18.2 Å². The van der Waals surface area contributed by atoms with E-state index in [1.54, 1.807) is 0 Å². The molecule has 0 atom stereocenters. The Bertz CT molecular complexity index is 670. The Morgan fingerprint density at radius 3 is 2.18 bits per heavy atom. The summed E-state index contributed by atoms with van der Waals surface area (Å²) in [5.74, 6) is -2.54. The summed E-state index contributed by atoms with van der Waals surface area (Å²) < 4.78 is 62.3. The molecule has 0 aliphatic carbocycles. The summed E-state index contributed by atoms with van der Waals surface area (Å²) in [6, 6.07) is 1.73. The number of likely N-dealkylation sites (N-methyl/N-ethyl adjacent to an activating group) is 1. The van der Waals surface area contributed by atoms with E-state index in [1.165, 1.54) is 7.05 Å². The van der Waals surface area contributed by atoms with Crippen LogP contribution in [0.3, 0.4) is 0 Å². The molecule has 0 N–H and O–H groups in total. The van der Waals surface area contributed by atoms with E-state index in [4.69, 9.17) is 9.31 Å². The van der Waals surface area contributed by atoms with Crippen LogP contribution < -0.4 is 5.46 Å². The van der Waals surface area contributed by atoms with Gasteiger partial charge in [0.15, 0.2) is 0 Å². The number of fused-ring (bicyclic) bond motifs is 1. The molecule has 3 rings (SSSR count). The van der Waals surface area contributed by atoms with Gasteiger partial charge in [-0.15, -0.1) is 0 Å². The number of alkyl halides is 3. The Kier molecular flexibility index (Phi) is 2.84. The van der Waals surface area contributed by atoms with Gasteiger partial charge < -0.3 is 13.7 Å². The highest BCUT2D eigenvalue weighted by Crippen LogP contribution is 2.35. The molecule has 118 valence electrons. The van der Waals surface area contributed by atoms with Gasteiger partial charge in [0.2, 0.25) is 0 Å². The van der Waals surface area contributed by atoms with Crippen LogP contribution in [0, 0.1) is 5.82 Å². The van der Waals surface area contributed by atoms with Gasteiger partial charge in [-0.25, -0.2) is 4.39 Å². The van der Waals surface area contributed by atoms with E-state index in [-0.39, 0.29) is 13.1 Å². The molecule has 2 fully saturated rings. The highest BCUT2D eigenvalue weighted by atomic mass is 19.4. The molecule has 1 aromatic rings. The zero-order chi connectivity index (χ0) is 16.3. The minimum Gasteiger partial charge on any atom is -0.596 e. The number of quaternary nitrogens is 1. The fourth-order valence-electron chi connectivity index (χ4n) is 3.06. The smallest absolute Gasteiger partial charge is 0.596 e. The van der Waals surface area contributed by atoms with Crippen LogP contribution in [0.2, 0.25) is 0 Å². The number of halogens is 4. The number of carbonyl (C=O) groups excluding carboxylic acids is 2. The van der Waals surface area contributed by atoms with Crippen LogP contribution in [-0.4, -0.2) is 43.2 Å². The van der Waals surface area contributed by atoms with Crippen molar-refractivity contribution < 1.29 is 40.9 Å². The van der Waals surface area contributed by atoms with Gasteiger partial charge in [0.25, 0.3) is 0 Å². The zero-order valence-electron chi connectivity index (χ0n) is 11.3. The summed E-state index contributed by atoms with van der Waals surface area (Å²) in [4.78, 5) is 23.2. The number of carbonyl (C=O) groups is 2. The van der Waals surface area contributed by atoms with Gasteiger partial charge in [-0.05, 0) is 17.6 Å². The van der Waals surface area contributed by atoms with Gasteiger partial charge in [-0.3, -0.25) is 9.59 Å². The molecule has 2 heterocycles. The van der Waals surface area contributed by atoms with Crippen molar-refractivity contribution >= 4 is 24.1 Å². The van der Waals surface area contributed by atoms with Crippen molar-refractivity contribution in [1.82, 2.24) is 0 Å². The van der Waals surface area contributed by atoms with E-state index in [1.807, 2.05) is 0 Å². The van der Waals surface area contributed by atoms with Gasteiger partial charge in [0.1, 0.15) is 18.9 Å². The Hall–Kier alpha value is -2.10. The van der Waals surface area contributed by atoms with Crippen LogP contribution in [0.5, 0.6) is 0 Å². The van der Waals surface area contributed by atoms with Gasteiger partial charge >= 0.3 is 24.8 Å². The molecule has 2 aliphatic heterocycles. The minimum atomic E-state index is -4.70. The first-order valence-corrected chi connectivity index (χ1v) is 6.37. The van der Waals surface area contributed by atoms with Gasteiger partial charge in [-0.2, -0.15) is 13.2 Å². The van der Waals surface area contributed by atoms with Crippen LogP contribution in [-0.2, 0) is 25.1 Å². The van der Waals surface area contributed by atoms with E-state index >= 15 is 0 Å². The lowest BCUT2D eigenvalue weighted by molar-refractivity contribution is -0.791. The third kappa shape index (κ3) is 1.90. The number of benzene rings is 1. The van der Waals surface area contributed by atoms with Crippen molar-refractivity contribution in [3.63, 3.8) is 0 Å². The predicted octanol–water partition coefficient (Wildman–Crippen LogP) is 0.551. The Morgan fingerprint density at radius 2 is 1.68 bits per heavy atom. The molecule has 0 bridgehead atoms. The summed E-state index contributed by atoms with van der Waals surface area (Å²) in [7, 11) is 1.41. The van der Waals surface area contributed by atoms with Crippen LogP contribution in [0.1, 0.15) is 5.56 Å². The van der Waals surface area contributed by atoms with Crippen molar-refractivity contribution in [2.45, 2.75) is 6.18 Å². The molecular weight excluding hydrogens is 309 g/mol. The lowest BCUT2D eigenvalue weighted by Crippen LogP contribution is -2.68. The van der Waals surface area contributed by atoms with Crippen LogP contribution in [0.4, 0.5) is 17.6 Å². The highest BCUT2D eigenvalue weighted by Gasteiger charge is 2.67. The summed E-state index contributed by atoms with van der Waals surface area (Å²) in [5.41, 5.74) is -1.67. The molecule has 2 saturated heterocycles. The van der Waals surface area contributed by atoms with Crippen molar-refractivity contribution in [1.29, 1.82) is 0 Å². The molecule has 0 unspecified atom stereocenters. The van der Waals surface area contributed by atoms with Crippen LogP contribution >= 0.6 is 0 Å². The fraction of sp³-hybridized carbons (Fsp3) is 0.333. The van der Waals surface area contributed by atoms with E-state index < -0.39 is 46.0 Å². The monoisotopic (exact) mass is 319 g/mol. The molecule has 22 heavy (non-hydrogen) atoms.